The van der Waals surface area contributed by atoms with E-state index in [0.29, 0.717) is 18.9 Å². The molecule has 38 heavy (non-hydrogen) atoms. The van der Waals surface area contributed by atoms with E-state index in [4.69, 9.17) is 30.5 Å². The molecule has 0 heterocycles. The van der Waals surface area contributed by atoms with Crippen molar-refractivity contribution in [1.29, 1.82) is 0 Å². The molecule has 0 fully saturated rings. The van der Waals surface area contributed by atoms with Gasteiger partial charge in [-0.3, -0.25) is 4.79 Å². The van der Waals surface area contributed by atoms with Crippen LogP contribution in [0.25, 0.3) is 0 Å². The van der Waals surface area contributed by atoms with Crippen molar-refractivity contribution in [3.63, 3.8) is 0 Å². The summed E-state index contributed by atoms with van der Waals surface area (Å²) in [4.78, 5) is 35.9. The van der Waals surface area contributed by atoms with Gasteiger partial charge in [-0.15, -0.1) is 0 Å². The lowest BCUT2D eigenvalue weighted by molar-refractivity contribution is -0.144. The summed E-state index contributed by atoms with van der Waals surface area (Å²) < 4.78 is 20.7. The molecular weight excluding hydrogens is 510 g/mol. The second kappa shape index (κ2) is 21.2. The Labute approximate surface area is 232 Å². The number of hydrogen-bond donors (Lipinski definition) is 1. The molecule has 0 aliphatic carbocycles. The number of halogens is 1. The molecular formula is C29H44ClNO7. The van der Waals surface area contributed by atoms with Crippen LogP contribution in [0, 0.1) is 0 Å². The van der Waals surface area contributed by atoms with E-state index >= 15 is 0 Å². The van der Waals surface area contributed by atoms with Crippen molar-refractivity contribution in [1.82, 2.24) is 0 Å². The molecule has 0 saturated heterocycles. The quantitative estimate of drug-likeness (QED) is 0.0560. The van der Waals surface area contributed by atoms with Crippen LogP contribution in [0.2, 0.25) is 5.02 Å². The Bertz CT molecular complexity index is 872. The van der Waals surface area contributed by atoms with Gasteiger partial charge in [-0.2, -0.15) is 0 Å². The Kier molecular flexibility index (Phi) is 18.6. The Hall–Kier alpha value is -2.74. The van der Waals surface area contributed by atoms with E-state index in [2.05, 4.69) is 12.2 Å². The van der Waals surface area contributed by atoms with E-state index in [0.717, 1.165) is 19.3 Å². The van der Waals surface area contributed by atoms with Crippen molar-refractivity contribution >= 4 is 35.2 Å². The van der Waals surface area contributed by atoms with Gasteiger partial charge in [-0.25, -0.2) is 9.59 Å². The van der Waals surface area contributed by atoms with Gasteiger partial charge in [0.25, 0.3) is 0 Å². The van der Waals surface area contributed by atoms with Gasteiger partial charge in [0.1, 0.15) is 6.61 Å². The average molecular weight is 554 g/mol. The number of anilines is 1. The minimum Gasteiger partial charge on any atom is -0.479 e. The van der Waals surface area contributed by atoms with Gasteiger partial charge in [0.05, 0.1) is 48.6 Å². The summed E-state index contributed by atoms with van der Waals surface area (Å²) in [5.74, 6) is -1.38. The maximum atomic E-state index is 12.3. The van der Waals surface area contributed by atoms with Crippen LogP contribution in [0.4, 0.5) is 5.69 Å². The molecule has 0 spiro atoms. The summed E-state index contributed by atoms with van der Waals surface area (Å²) in [6.07, 6.45) is 13.3. The van der Waals surface area contributed by atoms with Gasteiger partial charge < -0.3 is 24.3 Å². The van der Waals surface area contributed by atoms with Crippen molar-refractivity contribution in [3.05, 3.63) is 40.7 Å². The molecule has 0 aromatic heterocycles. The molecule has 0 bridgehead atoms. The third kappa shape index (κ3) is 15.5. The van der Waals surface area contributed by atoms with Crippen LogP contribution in [0.3, 0.4) is 0 Å². The standard InChI is InChI=1S/C29H44ClNO7/c1-4-7-8-9-10-11-12-13-14-15-19-37-27(32)18-20-38-29(34)23-16-17-25(24(30)21-23)31-26(35-5-2)22-28(33)36-6-3/h16-17,21-22,31H,4-15,18-20H2,1-3H3. The fraction of sp³-hybridized carbons (Fsp3) is 0.621. The Morgan fingerprint density at radius 2 is 1.42 bits per heavy atom. The zero-order valence-electron chi connectivity index (χ0n) is 23.2. The molecule has 9 heteroatoms. The first-order chi connectivity index (χ1) is 18.4. The van der Waals surface area contributed by atoms with E-state index in [1.807, 2.05) is 0 Å². The first kappa shape index (κ1) is 33.3. The van der Waals surface area contributed by atoms with Crippen LogP contribution in [0.15, 0.2) is 30.2 Å². The van der Waals surface area contributed by atoms with Crippen LogP contribution in [0.1, 0.15) is 102 Å². The van der Waals surface area contributed by atoms with Gasteiger partial charge in [0.2, 0.25) is 0 Å². The number of nitrogens with one attached hydrogen (secondary N) is 1. The lowest BCUT2D eigenvalue weighted by atomic mass is 10.1. The van der Waals surface area contributed by atoms with Crippen molar-refractivity contribution in [2.45, 2.75) is 91.4 Å². The maximum Gasteiger partial charge on any atom is 0.338 e. The predicted octanol–water partition coefficient (Wildman–Crippen LogP) is 7.20. The van der Waals surface area contributed by atoms with Crippen molar-refractivity contribution in [2.75, 3.05) is 31.7 Å². The smallest absolute Gasteiger partial charge is 0.338 e. The number of rotatable bonds is 21. The van der Waals surface area contributed by atoms with Crippen LogP contribution in [-0.2, 0) is 28.5 Å². The first-order valence-corrected chi connectivity index (χ1v) is 14.2. The summed E-state index contributed by atoms with van der Waals surface area (Å²) in [5, 5.41) is 3.13. The number of benzene rings is 1. The highest BCUT2D eigenvalue weighted by atomic mass is 35.5. The fourth-order valence-electron chi connectivity index (χ4n) is 3.59. The monoisotopic (exact) mass is 553 g/mol. The molecule has 0 atom stereocenters. The highest BCUT2D eigenvalue weighted by molar-refractivity contribution is 6.33. The highest BCUT2D eigenvalue weighted by Crippen LogP contribution is 2.25. The van der Waals surface area contributed by atoms with Gasteiger partial charge in [0, 0.05) is 0 Å². The normalized spacial score (nSPS) is 11.1. The van der Waals surface area contributed by atoms with Crippen LogP contribution < -0.4 is 5.32 Å². The first-order valence-electron chi connectivity index (χ1n) is 13.8. The van der Waals surface area contributed by atoms with E-state index in [1.54, 1.807) is 19.9 Å². The third-order valence-corrected chi connectivity index (χ3v) is 5.91. The molecule has 0 aliphatic rings. The van der Waals surface area contributed by atoms with Crippen molar-refractivity contribution in [2.24, 2.45) is 0 Å². The van der Waals surface area contributed by atoms with E-state index in [1.165, 1.54) is 63.2 Å². The number of unbranched alkanes of at least 4 members (excludes halogenated alkanes) is 9. The maximum absolute atomic E-state index is 12.3. The second-order valence-corrected chi connectivity index (χ2v) is 9.21. The minimum absolute atomic E-state index is 0.00670. The number of carbonyl (C=O) groups excluding carboxylic acids is 3. The van der Waals surface area contributed by atoms with Crippen molar-refractivity contribution in [3.8, 4) is 0 Å². The molecule has 214 valence electrons. The van der Waals surface area contributed by atoms with E-state index in [-0.39, 0.29) is 42.1 Å². The molecule has 0 aliphatic heterocycles. The van der Waals surface area contributed by atoms with Gasteiger partial charge in [-0.1, -0.05) is 76.3 Å². The van der Waals surface area contributed by atoms with Gasteiger partial charge >= 0.3 is 17.9 Å². The highest BCUT2D eigenvalue weighted by Gasteiger charge is 2.13. The fourth-order valence-corrected chi connectivity index (χ4v) is 3.82. The lowest BCUT2D eigenvalue weighted by Gasteiger charge is -2.13. The summed E-state index contributed by atoms with van der Waals surface area (Å²) in [6, 6.07) is 4.52. The molecule has 0 saturated carbocycles. The predicted molar refractivity (Wildman–Crippen MR) is 149 cm³/mol. The zero-order valence-corrected chi connectivity index (χ0v) is 23.9. The second-order valence-electron chi connectivity index (χ2n) is 8.80. The summed E-state index contributed by atoms with van der Waals surface area (Å²) in [5.41, 5.74) is 0.661. The topological polar surface area (TPSA) is 100 Å². The molecule has 8 nitrogen and oxygen atoms in total. The molecule has 1 aromatic carbocycles. The largest absolute Gasteiger partial charge is 0.479 e. The lowest BCUT2D eigenvalue weighted by Crippen LogP contribution is -2.13. The summed E-state index contributed by atoms with van der Waals surface area (Å²) >= 11 is 6.29. The number of esters is 3. The average Bonchev–Trinajstić information content (AvgIpc) is 2.88. The zero-order chi connectivity index (χ0) is 28.0. The Morgan fingerprint density at radius 3 is 2.03 bits per heavy atom. The molecule has 1 N–H and O–H groups in total. The summed E-state index contributed by atoms with van der Waals surface area (Å²) in [6.45, 7) is 6.58. The molecule has 0 unspecified atom stereocenters. The molecule has 0 amide bonds. The summed E-state index contributed by atoms with van der Waals surface area (Å²) in [7, 11) is 0. The number of carbonyl (C=O) groups is 3. The van der Waals surface area contributed by atoms with Crippen LogP contribution in [0.5, 0.6) is 0 Å². The van der Waals surface area contributed by atoms with Gasteiger partial charge in [-0.05, 0) is 38.5 Å². The molecule has 1 rings (SSSR count). The third-order valence-electron chi connectivity index (χ3n) is 5.60. The minimum atomic E-state index is -0.604. The van der Waals surface area contributed by atoms with Crippen LogP contribution >= 0.6 is 11.6 Å². The molecule has 1 aromatic rings. The van der Waals surface area contributed by atoms with Crippen molar-refractivity contribution < 1.29 is 33.3 Å². The van der Waals surface area contributed by atoms with E-state index in [9.17, 15) is 14.4 Å². The van der Waals surface area contributed by atoms with E-state index < -0.39 is 11.9 Å². The number of ether oxygens (including phenoxy) is 4. The van der Waals surface area contributed by atoms with Crippen LogP contribution in [-0.4, -0.2) is 44.3 Å². The Morgan fingerprint density at radius 1 is 0.789 bits per heavy atom. The van der Waals surface area contributed by atoms with Gasteiger partial charge in [0.15, 0.2) is 5.88 Å². The Balaban J connectivity index is 2.30. The SMILES string of the molecule is CCCCCCCCCCCCOC(=O)CCOC(=O)c1ccc(NC(=CC(=O)OCC)OCC)c(Cl)c1. The number of hydrogen-bond acceptors (Lipinski definition) is 8. The molecule has 0 radical (unpaired) electrons.